The van der Waals surface area contributed by atoms with E-state index in [9.17, 15) is 13.2 Å². The maximum atomic E-state index is 12.6. The summed E-state index contributed by atoms with van der Waals surface area (Å²) in [5, 5.41) is 0. The Bertz CT molecular complexity index is 622. The molecule has 1 amide bonds. The van der Waals surface area contributed by atoms with E-state index in [1.165, 1.54) is 0 Å². The highest BCUT2D eigenvalue weighted by Crippen LogP contribution is 2.21. The van der Waals surface area contributed by atoms with Gasteiger partial charge in [-0.05, 0) is 51.5 Å². The summed E-state index contributed by atoms with van der Waals surface area (Å²) < 4.78 is 28.8. The fourth-order valence-corrected chi connectivity index (χ4v) is 4.43. The van der Waals surface area contributed by atoms with E-state index in [1.54, 1.807) is 29.2 Å². The molecule has 0 saturated carbocycles. The lowest BCUT2D eigenvalue weighted by atomic mass is 10.1. The van der Waals surface area contributed by atoms with E-state index in [4.69, 9.17) is 4.74 Å². The molecule has 5 nitrogen and oxygen atoms in total. The molecule has 0 bridgehead atoms. The lowest BCUT2D eigenvalue weighted by molar-refractivity contribution is 0.0708. The molecule has 0 radical (unpaired) electrons. The van der Waals surface area contributed by atoms with Crippen LogP contribution in [0.2, 0.25) is 0 Å². The van der Waals surface area contributed by atoms with Crippen molar-refractivity contribution >= 4 is 15.7 Å². The molecule has 6 heteroatoms. The molecule has 1 aromatic rings. The highest BCUT2D eigenvalue weighted by Gasteiger charge is 2.34. The topological polar surface area (TPSA) is 63.7 Å². The first-order valence-electron chi connectivity index (χ1n) is 7.60. The largest absolute Gasteiger partial charge is 0.491 e. The number of amides is 1. The number of carbonyl (C=O) groups is 1. The van der Waals surface area contributed by atoms with E-state index < -0.39 is 9.84 Å². The maximum Gasteiger partial charge on any atom is 0.254 e. The minimum atomic E-state index is -3.00. The Morgan fingerprint density at radius 1 is 1.32 bits per heavy atom. The van der Waals surface area contributed by atoms with E-state index in [-0.39, 0.29) is 29.6 Å². The Kier molecular flexibility index (Phi) is 5.11. The Balaban J connectivity index is 2.11. The molecule has 1 aliphatic rings. The first-order chi connectivity index (χ1) is 10.3. The van der Waals surface area contributed by atoms with Crippen molar-refractivity contribution in [1.29, 1.82) is 0 Å². The van der Waals surface area contributed by atoms with Gasteiger partial charge in [-0.2, -0.15) is 0 Å². The summed E-state index contributed by atoms with van der Waals surface area (Å²) in [6, 6.07) is 6.78. The van der Waals surface area contributed by atoms with Crippen molar-refractivity contribution in [2.75, 3.05) is 18.1 Å². The maximum absolute atomic E-state index is 12.6. The second kappa shape index (κ2) is 6.69. The van der Waals surface area contributed by atoms with E-state index >= 15 is 0 Å². The summed E-state index contributed by atoms with van der Waals surface area (Å²) in [7, 11) is -3.00. The second-order valence-corrected chi connectivity index (χ2v) is 8.07. The molecule has 22 heavy (non-hydrogen) atoms. The molecule has 1 atom stereocenters. The molecule has 0 aromatic heterocycles. The molecule has 1 saturated heterocycles. The summed E-state index contributed by atoms with van der Waals surface area (Å²) >= 11 is 0. The van der Waals surface area contributed by atoms with Gasteiger partial charge in [0.2, 0.25) is 0 Å². The highest BCUT2D eigenvalue weighted by atomic mass is 32.2. The Morgan fingerprint density at radius 3 is 2.41 bits per heavy atom. The summed E-state index contributed by atoms with van der Waals surface area (Å²) in [6.07, 6.45) is 0.605. The predicted molar refractivity (Wildman–Crippen MR) is 86.0 cm³/mol. The highest BCUT2D eigenvalue weighted by molar-refractivity contribution is 7.91. The van der Waals surface area contributed by atoms with Crippen molar-refractivity contribution in [2.24, 2.45) is 0 Å². The molecule has 1 aromatic carbocycles. The van der Waals surface area contributed by atoms with Crippen LogP contribution in [0, 0.1) is 0 Å². The van der Waals surface area contributed by atoms with Crippen molar-refractivity contribution in [3.63, 3.8) is 0 Å². The van der Waals surface area contributed by atoms with Crippen molar-refractivity contribution in [2.45, 2.75) is 39.3 Å². The Hall–Kier alpha value is -1.56. The van der Waals surface area contributed by atoms with E-state index in [0.717, 1.165) is 5.75 Å². The Labute approximate surface area is 132 Å². The van der Waals surface area contributed by atoms with Crippen LogP contribution in [0.3, 0.4) is 0 Å². The minimum absolute atomic E-state index is 0.0706. The van der Waals surface area contributed by atoms with Gasteiger partial charge in [-0.1, -0.05) is 0 Å². The van der Waals surface area contributed by atoms with Crippen LogP contribution >= 0.6 is 0 Å². The molecule has 1 unspecified atom stereocenters. The molecule has 0 spiro atoms. The molecule has 0 aliphatic carbocycles. The fourth-order valence-electron chi connectivity index (χ4n) is 2.70. The predicted octanol–water partition coefficient (Wildman–Crippen LogP) is 2.12. The SMILES string of the molecule is CCN(C(=O)c1ccc(OC(C)C)cc1)C1CCS(=O)(=O)C1. The van der Waals surface area contributed by atoms with Crippen molar-refractivity contribution < 1.29 is 17.9 Å². The molecule has 1 fully saturated rings. The lowest BCUT2D eigenvalue weighted by Gasteiger charge is -2.27. The number of benzene rings is 1. The average molecular weight is 325 g/mol. The van der Waals surface area contributed by atoms with Crippen LogP contribution in [-0.4, -0.2) is 49.4 Å². The van der Waals surface area contributed by atoms with E-state index in [2.05, 4.69) is 0 Å². The summed E-state index contributed by atoms with van der Waals surface area (Å²) in [6.45, 7) is 6.26. The third-order valence-corrected chi connectivity index (χ3v) is 5.47. The van der Waals surface area contributed by atoms with Crippen LogP contribution in [0.1, 0.15) is 37.6 Å². The monoisotopic (exact) mass is 325 g/mol. The van der Waals surface area contributed by atoms with Gasteiger partial charge >= 0.3 is 0 Å². The van der Waals surface area contributed by atoms with Crippen molar-refractivity contribution in [3.8, 4) is 5.75 Å². The number of rotatable bonds is 5. The summed E-state index contributed by atoms with van der Waals surface area (Å²) in [5.41, 5.74) is 0.558. The number of nitrogens with zero attached hydrogens (tertiary/aromatic N) is 1. The van der Waals surface area contributed by atoms with Crippen LogP contribution in [0.25, 0.3) is 0 Å². The van der Waals surface area contributed by atoms with Crippen molar-refractivity contribution in [3.05, 3.63) is 29.8 Å². The third-order valence-electron chi connectivity index (χ3n) is 3.72. The first-order valence-corrected chi connectivity index (χ1v) is 9.42. The molecule has 1 aliphatic heterocycles. The van der Waals surface area contributed by atoms with Crippen LogP contribution < -0.4 is 4.74 Å². The van der Waals surface area contributed by atoms with E-state index in [0.29, 0.717) is 18.5 Å². The summed E-state index contributed by atoms with van der Waals surface area (Å²) in [5.74, 6) is 0.836. The standard InChI is InChI=1S/C16H23NO4S/c1-4-17(14-9-10-22(19,20)11-14)16(18)13-5-7-15(8-6-13)21-12(2)3/h5-8,12,14H,4,9-11H2,1-3H3. The van der Waals surface area contributed by atoms with Gasteiger partial charge < -0.3 is 9.64 Å². The van der Waals surface area contributed by atoms with Gasteiger partial charge in [-0.3, -0.25) is 4.79 Å². The zero-order valence-electron chi connectivity index (χ0n) is 13.3. The second-order valence-electron chi connectivity index (χ2n) is 5.84. The van der Waals surface area contributed by atoms with Gasteiger partial charge in [0.05, 0.1) is 17.6 Å². The van der Waals surface area contributed by atoms with Crippen LogP contribution in [0.15, 0.2) is 24.3 Å². The normalized spacial score (nSPS) is 20.1. The lowest BCUT2D eigenvalue weighted by Crippen LogP contribution is -2.40. The minimum Gasteiger partial charge on any atom is -0.491 e. The zero-order valence-corrected chi connectivity index (χ0v) is 14.1. The number of hydrogen-bond acceptors (Lipinski definition) is 4. The van der Waals surface area contributed by atoms with Crippen LogP contribution in [-0.2, 0) is 9.84 Å². The smallest absolute Gasteiger partial charge is 0.254 e. The molecule has 122 valence electrons. The quantitative estimate of drug-likeness (QED) is 0.832. The fraction of sp³-hybridized carbons (Fsp3) is 0.562. The number of carbonyl (C=O) groups excluding carboxylic acids is 1. The molecule has 0 N–H and O–H groups in total. The molecule has 2 rings (SSSR count). The number of sulfone groups is 1. The van der Waals surface area contributed by atoms with Gasteiger partial charge in [-0.25, -0.2) is 8.42 Å². The van der Waals surface area contributed by atoms with Gasteiger partial charge in [0.25, 0.3) is 5.91 Å². The molecular formula is C16H23NO4S. The van der Waals surface area contributed by atoms with Crippen molar-refractivity contribution in [1.82, 2.24) is 4.90 Å². The van der Waals surface area contributed by atoms with Gasteiger partial charge in [0.15, 0.2) is 9.84 Å². The molecular weight excluding hydrogens is 302 g/mol. The van der Waals surface area contributed by atoms with Gasteiger partial charge in [0, 0.05) is 18.2 Å². The van der Waals surface area contributed by atoms with Gasteiger partial charge in [0.1, 0.15) is 5.75 Å². The van der Waals surface area contributed by atoms with Crippen LogP contribution in [0.5, 0.6) is 5.75 Å². The Morgan fingerprint density at radius 2 is 1.95 bits per heavy atom. The number of ether oxygens (including phenoxy) is 1. The molecule has 1 heterocycles. The van der Waals surface area contributed by atoms with Gasteiger partial charge in [-0.15, -0.1) is 0 Å². The van der Waals surface area contributed by atoms with E-state index in [1.807, 2.05) is 20.8 Å². The first kappa shape index (κ1) is 16.8. The zero-order chi connectivity index (χ0) is 16.3. The van der Waals surface area contributed by atoms with Crippen LogP contribution in [0.4, 0.5) is 0 Å². The summed E-state index contributed by atoms with van der Waals surface area (Å²) in [4.78, 5) is 14.3. The average Bonchev–Trinajstić information content (AvgIpc) is 2.80. The number of hydrogen-bond donors (Lipinski definition) is 0. The third kappa shape index (κ3) is 4.00.